The van der Waals surface area contributed by atoms with Crippen molar-refractivity contribution in [2.75, 3.05) is 34.9 Å². The second-order valence-corrected chi connectivity index (χ2v) is 8.14. The van der Waals surface area contributed by atoms with Crippen LogP contribution in [-0.2, 0) is 14.8 Å². The van der Waals surface area contributed by atoms with E-state index in [4.69, 9.17) is 9.47 Å². The van der Waals surface area contributed by atoms with Crippen molar-refractivity contribution < 1.29 is 22.7 Å². The van der Waals surface area contributed by atoms with Crippen LogP contribution >= 0.6 is 0 Å². The Morgan fingerprint density at radius 3 is 2.26 bits per heavy atom. The van der Waals surface area contributed by atoms with Gasteiger partial charge in [-0.1, -0.05) is 18.2 Å². The Morgan fingerprint density at radius 1 is 1.07 bits per heavy atom. The van der Waals surface area contributed by atoms with Crippen molar-refractivity contribution in [3.8, 4) is 5.75 Å². The molecule has 0 bridgehead atoms. The first kappa shape index (κ1) is 20.9. The van der Waals surface area contributed by atoms with E-state index in [1.54, 1.807) is 14.2 Å². The molecule has 2 rings (SSSR count). The summed E-state index contributed by atoms with van der Waals surface area (Å²) in [6.07, 6.45) is -0.376. The highest BCUT2D eigenvalue weighted by atomic mass is 32.2. The Hall–Kier alpha value is -2.42. The zero-order chi connectivity index (χ0) is 20.0. The van der Waals surface area contributed by atoms with E-state index in [1.807, 2.05) is 24.3 Å². The van der Waals surface area contributed by atoms with Gasteiger partial charge in [0.15, 0.2) is 0 Å². The van der Waals surface area contributed by atoms with Crippen LogP contribution in [0.1, 0.15) is 22.0 Å². The molecule has 0 fully saturated rings. The lowest BCUT2D eigenvalue weighted by molar-refractivity contribution is 0.0819. The summed E-state index contributed by atoms with van der Waals surface area (Å²) in [7, 11) is 2.53. The summed E-state index contributed by atoms with van der Waals surface area (Å²) in [6, 6.07) is 13.2. The van der Waals surface area contributed by atoms with Crippen LogP contribution in [0.25, 0.3) is 0 Å². The second kappa shape index (κ2) is 8.98. The molecule has 1 unspecified atom stereocenters. The van der Waals surface area contributed by atoms with Gasteiger partial charge in [0, 0.05) is 38.9 Å². The van der Waals surface area contributed by atoms with Crippen LogP contribution in [0.2, 0.25) is 0 Å². The zero-order valence-corrected chi connectivity index (χ0v) is 16.6. The monoisotopic (exact) mass is 392 g/mol. The number of ether oxygens (including phenoxy) is 2. The van der Waals surface area contributed by atoms with Crippen molar-refractivity contribution >= 4 is 15.9 Å². The number of nitrogens with one attached hydrogen (secondary N) is 1. The molecule has 7 nitrogen and oxygen atoms in total. The Kier molecular flexibility index (Phi) is 6.95. The Bertz CT molecular complexity index is 879. The zero-order valence-electron chi connectivity index (χ0n) is 15.8. The second-order valence-electron chi connectivity index (χ2n) is 5.99. The summed E-state index contributed by atoms with van der Waals surface area (Å²) in [6.45, 7) is 0.244. The molecule has 146 valence electrons. The molecule has 0 saturated heterocycles. The maximum Gasteiger partial charge on any atom is 0.251 e. The lowest BCUT2D eigenvalue weighted by atomic mass is 10.1. The van der Waals surface area contributed by atoms with Crippen molar-refractivity contribution in [3.05, 3.63) is 59.7 Å². The molecular weight excluding hydrogens is 368 g/mol. The van der Waals surface area contributed by atoms with Gasteiger partial charge in [-0.25, -0.2) is 12.7 Å². The number of hydrogen-bond acceptors (Lipinski definition) is 5. The van der Waals surface area contributed by atoms with Crippen LogP contribution in [-0.4, -0.2) is 53.5 Å². The quantitative estimate of drug-likeness (QED) is 0.743. The average molecular weight is 392 g/mol. The van der Waals surface area contributed by atoms with Gasteiger partial charge in [0.05, 0.1) is 12.0 Å². The molecule has 0 spiro atoms. The number of nitrogens with zero attached hydrogens (tertiary/aromatic N) is 1. The van der Waals surface area contributed by atoms with E-state index in [0.717, 1.165) is 9.87 Å². The number of amides is 1. The molecule has 1 amide bonds. The molecule has 0 saturated carbocycles. The van der Waals surface area contributed by atoms with Crippen molar-refractivity contribution in [2.24, 2.45) is 0 Å². The fraction of sp³-hybridized carbons (Fsp3) is 0.316. The van der Waals surface area contributed by atoms with Gasteiger partial charge >= 0.3 is 0 Å². The Labute approximate surface area is 160 Å². The molecule has 0 aliphatic carbocycles. The normalized spacial score (nSPS) is 12.6. The first-order valence-electron chi connectivity index (χ1n) is 8.27. The van der Waals surface area contributed by atoms with E-state index in [2.05, 4.69) is 5.32 Å². The van der Waals surface area contributed by atoms with Crippen molar-refractivity contribution in [3.63, 3.8) is 0 Å². The van der Waals surface area contributed by atoms with Crippen LogP contribution in [0.4, 0.5) is 0 Å². The van der Waals surface area contributed by atoms with Crippen LogP contribution in [0.3, 0.4) is 0 Å². The van der Waals surface area contributed by atoms with Crippen molar-refractivity contribution in [1.29, 1.82) is 0 Å². The highest BCUT2D eigenvalue weighted by Crippen LogP contribution is 2.26. The van der Waals surface area contributed by atoms with Crippen molar-refractivity contribution in [2.45, 2.75) is 11.0 Å². The van der Waals surface area contributed by atoms with Crippen LogP contribution in [0, 0.1) is 0 Å². The minimum Gasteiger partial charge on any atom is -0.496 e. The van der Waals surface area contributed by atoms with Crippen LogP contribution in [0.15, 0.2) is 53.4 Å². The minimum absolute atomic E-state index is 0.132. The van der Waals surface area contributed by atoms with Crippen molar-refractivity contribution in [1.82, 2.24) is 9.62 Å². The first-order chi connectivity index (χ1) is 12.8. The van der Waals surface area contributed by atoms with Crippen LogP contribution in [0.5, 0.6) is 5.75 Å². The van der Waals surface area contributed by atoms with E-state index in [9.17, 15) is 13.2 Å². The smallest absolute Gasteiger partial charge is 0.251 e. The fourth-order valence-electron chi connectivity index (χ4n) is 2.53. The molecule has 2 aromatic carbocycles. The molecular formula is C19H24N2O5S. The van der Waals surface area contributed by atoms with E-state index < -0.39 is 10.0 Å². The summed E-state index contributed by atoms with van der Waals surface area (Å²) < 4.78 is 36.1. The van der Waals surface area contributed by atoms with Gasteiger partial charge in [0.1, 0.15) is 11.9 Å². The molecule has 0 radical (unpaired) electrons. The largest absolute Gasteiger partial charge is 0.496 e. The summed E-state index contributed by atoms with van der Waals surface area (Å²) >= 11 is 0. The number of hydrogen-bond donors (Lipinski definition) is 1. The molecule has 27 heavy (non-hydrogen) atoms. The number of sulfonamides is 1. The van der Waals surface area contributed by atoms with E-state index in [1.165, 1.54) is 38.4 Å². The van der Waals surface area contributed by atoms with Gasteiger partial charge in [-0.2, -0.15) is 0 Å². The number of benzene rings is 2. The Morgan fingerprint density at radius 2 is 1.70 bits per heavy atom. The highest BCUT2D eigenvalue weighted by Gasteiger charge is 2.19. The third-order valence-corrected chi connectivity index (χ3v) is 5.94. The lowest BCUT2D eigenvalue weighted by Crippen LogP contribution is -2.29. The molecule has 0 aliphatic heterocycles. The van der Waals surface area contributed by atoms with Crippen LogP contribution < -0.4 is 10.1 Å². The lowest BCUT2D eigenvalue weighted by Gasteiger charge is -2.19. The highest BCUT2D eigenvalue weighted by molar-refractivity contribution is 7.89. The third kappa shape index (κ3) is 4.85. The predicted molar refractivity (Wildman–Crippen MR) is 102 cm³/mol. The number of carbonyl (C=O) groups is 1. The number of carbonyl (C=O) groups excluding carboxylic acids is 1. The molecule has 1 N–H and O–H groups in total. The number of para-hydroxylation sites is 1. The molecule has 1 atom stereocenters. The fourth-order valence-corrected chi connectivity index (χ4v) is 3.43. The molecule has 0 heterocycles. The maximum atomic E-state index is 12.4. The number of methoxy groups -OCH3 is 2. The van der Waals surface area contributed by atoms with Gasteiger partial charge in [-0.15, -0.1) is 0 Å². The van der Waals surface area contributed by atoms with Gasteiger partial charge in [-0.3, -0.25) is 4.79 Å². The average Bonchev–Trinajstić information content (AvgIpc) is 2.68. The minimum atomic E-state index is -3.53. The molecule has 0 aromatic heterocycles. The van der Waals surface area contributed by atoms with Gasteiger partial charge < -0.3 is 14.8 Å². The standard InChI is InChI=1S/C19H24N2O5S/c1-21(2)27(23,24)15-11-9-14(10-12-15)19(22)20-13-18(26-4)16-7-5-6-8-17(16)25-3/h5-12,18H,13H2,1-4H3,(H,20,22). The summed E-state index contributed by atoms with van der Waals surface area (Å²) in [5.74, 6) is 0.359. The van der Waals surface area contributed by atoms with E-state index >= 15 is 0 Å². The molecule has 0 aliphatic rings. The van der Waals surface area contributed by atoms with Gasteiger partial charge in [-0.05, 0) is 30.3 Å². The molecule has 2 aromatic rings. The summed E-state index contributed by atoms with van der Waals surface area (Å²) in [4.78, 5) is 12.5. The first-order valence-corrected chi connectivity index (χ1v) is 9.71. The topological polar surface area (TPSA) is 84.9 Å². The third-order valence-electron chi connectivity index (χ3n) is 4.11. The summed E-state index contributed by atoms with van der Waals surface area (Å²) in [5, 5.41) is 2.80. The van der Waals surface area contributed by atoms with E-state index in [0.29, 0.717) is 11.3 Å². The summed E-state index contributed by atoms with van der Waals surface area (Å²) in [5.41, 5.74) is 1.19. The Balaban J connectivity index is 2.08. The maximum absolute atomic E-state index is 12.4. The number of rotatable bonds is 8. The van der Waals surface area contributed by atoms with Gasteiger partial charge in [0.2, 0.25) is 10.0 Å². The van der Waals surface area contributed by atoms with E-state index in [-0.39, 0.29) is 23.5 Å². The predicted octanol–water partition coefficient (Wildman–Crippen LogP) is 2.06. The SMILES string of the molecule is COc1ccccc1C(CNC(=O)c1ccc(S(=O)(=O)N(C)C)cc1)OC. The van der Waals surface area contributed by atoms with Gasteiger partial charge in [0.25, 0.3) is 5.91 Å². The molecule has 8 heteroatoms.